The van der Waals surface area contributed by atoms with E-state index in [4.69, 9.17) is 9.39 Å². The molecule has 0 fully saturated rings. The number of benzene rings is 1. The Bertz CT molecular complexity index is 496. The van der Waals surface area contributed by atoms with Gasteiger partial charge in [0.2, 0.25) is 6.54 Å². The quantitative estimate of drug-likeness (QED) is 0.506. The van der Waals surface area contributed by atoms with Crippen molar-refractivity contribution in [3.8, 4) is 11.5 Å². The molecule has 1 atom stereocenters. The topological polar surface area (TPSA) is 81.8 Å². The zero-order chi connectivity index (χ0) is 13.3. The zero-order valence-corrected chi connectivity index (χ0v) is 11.3. The molecule has 1 aliphatic heterocycles. The van der Waals surface area contributed by atoms with Crippen molar-refractivity contribution in [1.29, 1.82) is 0 Å². The molecule has 1 aliphatic rings. The summed E-state index contributed by atoms with van der Waals surface area (Å²) in [7, 11) is 0.252. The molecule has 1 heterocycles. The molecule has 0 bridgehead atoms. The summed E-state index contributed by atoms with van der Waals surface area (Å²) in [5.41, 5.74) is 1.36. The molecule has 1 N–H and O–H groups in total. The molecule has 18 heavy (non-hydrogen) atoms. The molecule has 6 nitrogen and oxygen atoms in total. The number of aromatic hydroxyl groups is 1. The van der Waals surface area contributed by atoms with Gasteiger partial charge in [-0.25, -0.2) is 0 Å². The van der Waals surface area contributed by atoms with Gasteiger partial charge in [0, 0.05) is 16.6 Å². The van der Waals surface area contributed by atoms with E-state index in [9.17, 15) is 15.2 Å². The van der Waals surface area contributed by atoms with Gasteiger partial charge in [0.25, 0.3) is 0 Å². The van der Waals surface area contributed by atoms with Crippen molar-refractivity contribution >= 4 is 28.9 Å². The van der Waals surface area contributed by atoms with E-state index in [-0.39, 0.29) is 19.8 Å². The Morgan fingerprint density at radius 1 is 1.72 bits per heavy atom. The van der Waals surface area contributed by atoms with Crippen LogP contribution in [-0.2, 0) is 4.65 Å². The summed E-state index contributed by atoms with van der Waals surface area (Å²) in [6.07, 6.45) is -0.657. The molecule has 0 amide bonds. The highest BCUT2D eigenvalue weighted by atomic mass is 79.9. The minimum absolute atomic E-state index is 0.00366. The lowest BCUT2D eigenvalue weighted by atomic mass is 9.85. The summed E-state index contributed by atoms with van der Waals surface area (Å²) >= 11 is 3.24. The first-order valence-corrected chi connectivity index (χ1v) is 6.24. The summed E-state index contributed by atoms with van der Waals surface area (Å²) in [5.74, 6) is 0.509. The van der Waals surface area contributed by atoms with Gasteiger partial charge in [-0.1, -0.05) is 0 Å². The maximum absolute atomic E-state index is 10.6. The molecule has 0 saturated carbocycles. The van der Waals surface area contributed by atoms with Crippen LogP contribution in [0.5, 0.6) is 11.5 Å². The van der Waals surface area contributed by atoms with Crippen LogP contribution in [0.2, 0.25) is 0 Å². The Labute approximate surface area is 112 Å². The van der Waals surface area contributed by atoms with Gasteiger partial charge < -0.3 is 14.5 Å². The lowest BCUT2D eigenvalue weighted by molar-refractivity contribution is -0.490. The number of hydrogen-bond donors (Lipinski definition) is 1. The molecular weight excluding hydrogens is 305 g/mol. The predicted octanol–water partition coefficient (Wildman–Crippen LogP) is 0.878. The van der Waals surface area contributed by atoms with Crippen LogP contribution in [0.25, 0.3) is 0 Å². The fourth-order valence-corrected chi connectivity index (χ4v) is 2.60. The summed E-state index contributed by atoms with van der Waals surface area (Å²) < 4.78 is 11.2. The molecule has 96 valence electrons. The third-order valence-corrected chi connectivity index (χ3v) is 3.55. The van der Waals surface area contributed by atoms with Crippen molar-refractivity contribution in [1.82, 2.24) is 0 Å². The van der Waals surface area contributed by atoms with Gasteiger partial charge >= 0.3 is 7.48 Å². The number of nitrogens with zero attached hydrogens (tertiary/aromatic N) is 1. The maximum Gasteiger partial charge on any atom is 0.313 e. The van der Waals surface area contributed by atoms with E-state index in [1.165, 1.54) is 6.07 Å². The smallest absolute Gasteiger partial charge is 0.313 e. The van der Waals surface area contributed by atoms with Crippen molar-refractivity contribution in [2.45, 2.75) is 13.0 Å². The van der Waals surface area contributed by atoms with E-state index in [2.05, 4.69) is 15.9 Å². The summed E-state index contributed by atoms with van der Waals surface area (Å²) in [6.45, 7) is 1.95. The van der Waals surface area contributed by atoms with E-state index in [0.717, 1.165) is 5.46 Å². The van der Waals surface area contributed by atoms with Crippen LogP contribution in [0.15, 0.2) is 10.5 Å². The van der Waals surface area contributed by atoms with Crippen LogP contribution in [0, 0.1) is 10.1 Å². The first-order chi connectivity index (χ1) is 8.54. The van der Waals surface area contributed by atoms with Crippen LogP contribution in [0.3, 0.4) is 0 Å². The van der Waals surface area contributed by atoms with Crippen LogP contribution < -0.4 is 10.2 Å². The highest BCUT2D eigenvalue weighted by Gasteiger charge is 2.34. The normalized spacial score (nSPS) is 17.1. The number of halogens is 1. The number of phenols is 1. The Morgan fingerprint density at radius 2 is 2.44 bits per heavy atom. The monoisotopic (exact) mass is 315 g/mol. The molecule has 1 aromatic carbocycles. The highest BCUT2D eigenvalue weighted by Crippen LogP contribution is 2.38. The molecule has 0 radical (unpaired) electrons. The standard InChI is InChI=1S/C10H11BBrNO5/c1-2-17-6-3-5(14)10(12)8-7(4-13(15)16)18-11-9(6)8/h3,7,11,14H,2,4H2,1H3. The molecule has 2 rings (SSSR count). The number of ether oxygens (including phenoxy) is 1. The average molecular weight is 316 g/mol. The van der Waals surface area contributed by atoms with Crippen molar-refractivity contribution in [2.75, 3.05) is 13.2 Å². The molecule has 1 aromatic rings. The largest absolute Gasteiger partial charge is 0.507 e. The summed E-state index contributed by atoms with van der Waals surface area (Å²) in [5, 5.41) is 20.4. The minimum Gasteiger partial charge on any atom is -0.507 e. The molecule has 0 saturated heterocycles. The van der Waals surface area contributed by atoms with E-state index >= 15 is 0 Å². The number of rotatable bonds is 4. The molecular formula is C10H11BBrNO5. The van der Waals surface area contributed by atoms with Crippen molar-refractivity contribution in [2.24, 2.45) is 0 Å². The molecule has 1 unspecified atom stereocenters. The van der Waals surface area contributed by atoms with Gasteiger partial charge in [0.15, 0.2) is 0 Å². The Kier molecular flexibility index (Phi) is 3.77. The second kappa shape index (κ2) is 5.15. The second-order valence-electron chi connectivity index (χ2n) is 3.85. The van der Waals surface area contributed by atoms with Gasteiger partial charge in [-0.15, -0.1) is 0 Å². The third kappa shape index (κ3) is 2.30. The predicted molar refractivity (Wildman–Crippen MR) is 69.4 cm³/mol. The third-order valence-electron chi connectivity index (χ3n) is 2.72. The van der Waals surface area contributed by atoms with Gasteiger partial charge in [0.05, 0.1) is 11.1 Å². The van der Waals surface area contributed by atoms with Crippen LogP contribution >= 0.6 is 15.9 Å². The van der Waals surface area contributed by atoms with Gasteiger partial charge in [-0.05, 0) is 28.3 Å². The fourth-order valence-electron chi connectivity index (χ4n) is 1.99. The molecule has 0 spiro atoms. The first kappa shape index (κ1) is 13.2. The molecule has 8 heteroatoms. The number of nitro groups is 1. The lowest BCUT2D eigenvalue weighted by Crippen LogP contribution is -2.17. The Hall–Kier alpha value is -1.28. The van der Waals surface area contributed by atoms with Crippen LogP contribution in [-0.4, -0.2) is 30.7 Å². The van der Waals surface area contributed by atoms with Crippen molar-refractivity contribution in [3.05, 3.63) is 26.2 Å². The average Bonchev–Trinajstić information content (AvgIpc) is 2.69. The fraction of sp³-hybridized carbons (Fsp3) is 0.400. The minimum atomic E-state index is -0.657. The molecule has 0 aliphatic carbocycles. The lowest BCUT2D eigenvalue weighted by Gasteiger charge is -2.13. The van der Waals surface area contributed by atoms with E-state index in [0.29, 0.717) is 22.4 Å². The van der Waals surface area contributed by atoms with E-state index in [1.807, 2.05) is 6.92 Å². The molecule has 0 aromatic heterocycles. The summed E-state index contributed by atoms with van der Waals surface area (Å²) in [4.78, 5) is 10.2. The van der Waals surface area contributed by atoms with Crippen molar-refractivity contribution in [3.63, 3.8) is 0 Å². The number of hydrogen-bond acceptors (Lipinski definition) is 5. The van der Waals surface area contributed by atoms with Crippen LogP contribution in [0.1, 0.15) is 18.6 Å². The Morgan fingerprint density at radius 3 is 3.06 bits per heavy atom. The second-order valence-corrected chi connectivity index (χ2v) is 4.64. The Balaban J connectivity index is 2.46. The van der Waals surface area contributed by atoms with Crippen molar-refractivity contribution < 1.29 is 19.4 Å². The van der Waals surface area contributed by atoms with Gasteiger partial charge in [0.1, 0.15) is 17.6 Å². The highest BCUT2D eigenvalue weighted by molar-refractivity contribution is 9.10. The number of phenolic OH excluding ortho intramolecular Hbond substituents is 1. The van der Waals surface area contributed by atoms with Gasteiger partial charge in [-0.3, -0.25) is 10.1 Å². The zero-order valence-electron chi connectivity index (χ0n) is 9.68. The first-order valence-electron chi connectivity index (χ1n) is 5.45. The van der Waals surface area contributed by atoms with Gasteiger partial charge in [-0.2, -0.15) is 0 Å². The van der Waals surface area contributed by atoms with E-state index in [1.54, 1.807) is 0 Å². The SMILES string of the molecule is CCOc1cc(O)c(Br)c2c1BOC2C[N+](=O)[O-]. The maximum atomic E-state index is 10.6. The van der Waals surface area contributed by atoms with E-state index < -0.39 is 11.0 Å². The van der Waals surface area contributed by atoms with Crippen LogP contribution in [0.4, 0.5) is 0 Å². The summed E-state index contributed by atoms with van der Waals surface area (Å²) in [6, 6.07) is 1.49. The number of fused-ring (bicyclic) bond motifs is 1.